The van der Waals surface area contributed by atoms with E-state index in [9.17, 15) is 0 Å². The SMILES string of the molecule is C=C1C[C@H](CCC2OCCCO2)O[C@H]1CC[C@H](C)C[C@H](C)C(=C)I. The second-order valence-corrected chi connectivity index (χ2v) is 8.86. The van der Waals surface area contributed by atoms with Crippen LogP contribution < -0.4 is 0 Å². The maximum absolute atomic E-state index is 6.24. The topological polar surface area (TPSA) is 27.7 Å². The van der Waals surface area contributed by atoms with E-state index < -0.39 is 0 Å². The predicted molar refractivity (Wildman–Crippen MR) is 107 cm³/mol. The number of ether oxygens (including phenoxy) is 3. The van der Waals surface area contributed by atoms with E-state index in [0.29, 0.717) is 17.9 Å². The summed E-state index contributed by atoms with van der Waals surface area (Å²) in [7, 11) is 0. The summed E-state index contributed by atoms with van der Waals surface area (Å²) < 4.78 is 18.7. The van der Waals surface area contributed by atoms with Crippen molar-refractivity contribution in [3.05, 3.63) is 22.3 Å². The number of rotatable bonds is 9. The van der Waals surface area contributed by atoms with Crippen LogP contribution in [0.1, 0.15) is 58.8 Å². The highest BCUT2D eigenvalue weighted by atomic mass is 127. The van der Waals surface area contributed by atoms with Gasteiger partial charge in [-0.25, -0.2) is 0 Å². The van der Waals surface area contributed by atoms with E-state index in [-0.39, 0.29) is 12.4 Å². The monoisotopic (exact) mass is 448 g/mol. The minimum Gasteiger partial charge on any atom is -0.370 e. The van der Waals surface area contributed by atoms with Gasteiger partial charge in [-0.15, -0.1) is 0 Å². The lowest BCUT2D eigenvalue weighted by molar-refractivity contribution is -0.184. The van der Waals surface area contributed by atoms with Crippen molar-refractivity contribution in [3.63, 3.8) is 0 Å². The third kappa shape index (κ3) is 6.77. The molecule has 4 heteroatoms. The Morgan fingerprint density at radius 1 is 1.21 bits per heavy atom. The third-order valence-electron chi connectivity index (χ3n) is 5.13. The van der Waals surface area contributed by atoms with Gasteiger partial charge in [-0.1, -0.05) is 27.0 Å². The van der Waals surface area contributed by atoms with Gasteiger partial charge in [0.25, 0.3) is 0 Å². The van der Waals surface area contributed by atoms with Gasteiger partial charge in [-0.3, -0.25) is 0 Å². The number of halogens is 1. The summed E-state index contributed by atoms with van der Waals surface area (Å²) >= 11 is 2.35. The smallest absolute Gasteiger partial charge is 0.157 e. The van der Waals surface area contributed by atoms with Gasteiger partial charge in [0, 0.05) is 6.42 Å². The quantitative estimate of drug-likeness (QED) is 0.338. The maximum atomic E-state index is 6.24. The molecule has 0 radical (unpaired) electrons. The zero-order valence-electron chi connectivity index (χ0n) is 15.3. The Kier molecular flexibility index (Phi) is 8.75. The molecule has 138 valence electrons. The van der Waals surface area contributed by atoms with Crippen LogP contribution in [0.2, 0.25) is 0 Å². The summed E-state index contributed by atoms with van der Waals surface area (Å²) in [4.78, 5) is 0. The van der Waals surface area contributed by atoms with Crippen molar-refractivity contribution in [2.75, 3.05) is 13.2 Å². The van der Waals surface area contributed by atoms with Gasteiger partial charge in [-0.2, -0.15) is 0 Å². The van der Waals surface area contributed by atoms with E-state index in [4.69, 9.17) is 14.2 Å². The Bertz CT molecular complexity index is 417. The van der Waals surface area contributed by atoms with Crippen molar-refractivity contribution in [1.29, 1.82) is 0 Å². The lowest BCUT2D eigenvalue weighted by Crippen LogP contribution is -2.26. The Balaban J connectivity index is 1.65. The third-order valence-corrected chi connectivity index (χ3v) is 6.20. The molecule has 0 spiro atoms. The van der Waals surface area contributed by atoms with Gasteiger partial charge in [-0.05, 0) is 82.1 Å². The maximum Gasteiger partial charge on any atom is 0.157 e. The zero-order valence-corrected chi connectivity index (χ0v) is 17.4. The Hall–Kier alpha value is 0.0900. The van der Waals surface area contributed by atoms with E-state index in [1.807, 2.05) is 0 Å². The molecule has 24 heavy (non-hydrogen) atoms. The van der Waals surface area contributed by atoms with Crippen LogP contribution in [0.3, 0.4) is 0 Å². The molecule has 0 saturated carbocycles. The normalized spacial score (nSPS) is 28.0. The summed E-state index contributed by atoms with van der Waals surface area (Å²) in [5, 5.41) is 0. The average Bonchev–Trinajstić information content (AvgIpc) is 2.92. The van der Waals surface area contributed by atoms with Crippen LogP contribution in [0, 0.1) is 11.8 Å². The fourth-order valence-electron chi connectivity index (χ4n) is 3.55. The minimum atomic E-state index is -0.0300. The summed E-state index contributed by atoms with van der Waals surface area (Å²) in [6.45, 7) is 14.6. The first-order valence-corrected chi connectivity index (χ1v) is 10.4. The fraction of sp³-hybridized carbons (Fsp3) is 0.800. The Labute approximate surface area is 161 Å². The first-order valence-electron chi connectivity index (χ1n) is 9.36. The first kappa shape index (κ1) is 20.4. The predicted octanol–water partition coefficient (Wildman–Crippen LogP) is 5.63. The van der Waals surface area contributed by atoms with E-state index in [1.165, 1.54) is 22.0 Å². The Morgan fingerprint density at radius 3 is 2.58 bits per heavy atom. The molecule has 2 fully saturated rings. The molecule has 2 rings (SSSR count). The van der Waals surface area contributed by atoms with Gasteiger partial charge in [0.15, 0.2) is 6.29 Å². The highest BCUT2D eigenvalue weighted by molar-refractivity contribution is 14.1. The lowest BCUT2D eigenvalue weighted by atomic mass is 9.91. The van der Waals surface area contributed by atoms with Gasteiger partial charge in [0.05, 0.1) is 25.4 Å². The van der Waals surface area contributed by atoms with Crippen LogP contribution in [0.25, 0.3) is 0 Å². The summed E-state index contributed by atoms with van der Waals surface area (Å²) in [5.41, 5.74) is 1.27. The lowest BCUT2D eigenvalue weighted by Gasteiger charge is -2.24. The number of hydrogen-bond acceptors (Lipinski definition) is 3. The highest BCUT2D eigenvalue weighted by Gasteiger charge is 2.29. The van der Waals surface area contributed by atoms with E-state index in [2.05, 4.69) is 49.6 Å². The van der Waals surface area contributed by atoms with Gasteiger partial charge in [0.2, 0.25) is 0 Å². The Morgan fingerprint density at radius 2 is 1.92 bits per heavy atom. The van der Waals surface area contributed by atoms with Gasteiger partial charge >= 0.3 is 0 Å². The molecule has 0 aromatic rings. The number of allylic oxidation sites excluding steroid dienone is 1. The van der Waals surface area contributed by atoms with Crippen LogP contribution in [0.5, 0.6) is 0 Å². The van der Waals surface area contributed by atoms with Gasteiger partial charge < -0.3 is 14.2 Å². The largest absolute Gasteiger partial charge is 0.370 e. The van der Waals surface area contributed by atoms with Crippen LogP contribution in [-0.2, 0) is 14.2 Å². The molecule has 2 heterocycles. The van der Waals surface area contributed by atoms with E-state index >= 15 is 0 Å². The molecule has 3 nitrogen and oxygen atoms in total. The summed E-state index contributed by atoms with van der Waals surface area (Å²) in [5.74, 6) is 1.29. The summed E-state index contributed by atoms with van der Waals surface area (Å²) in [6, 6.07) is 0. The van der Waals surface area contributed by atoms with Crippen LogP contribution in [0.4, 0.5) is 0 Å². The van der Waals surface area contributed by atoms with Crippen molar-refractivity contribution >= 4 is 22.6 Å². The molecule has 0 N–H and O–H groups in total. The van der Waals surface area contributed by atoms with Crippen molar-refractivity contribution in [2.24, 2.45) is 11.8 Å². The molecule has 0 aromatic carbocycles. The van der Waals surface area contributed by atoms with E-state index in [1.54, 1.807) is 0 Å². The minimum absolute atomic E-state index is 0.0300. The van der Waals surface area contributed by atoms with Crippen molar-refractivity contribution in [1.82, 2.24) is 0 Å². The molecule has 0 amide bonds. The molecule has 0 bridgehead atoms. The van der Waals surface area contributed by atoms with Gasteiger partial charge in [0.1, 0.15) is 0 Å². The summed E-state index contributed by atoms with van der Waals surface area (Å²) in [6.07, 6.45) is 7.93. The van der Waals surface area contributed by atoms with Crippen molar-refractivity contribution in [3.8, 4) is 0 Å². The zero-order chi connectivity index (χ0) is 17.5. The molecular formula is C20H33IO3. The average molecular weight is 448 g/mol. The molecule has 2 aliphatic heterocycles. The van der Waals surface area contributed by atoms with Crippen molar-refractivity contribution < 1.29 is 14.2 Å². The molecule has 0 aliphatic carbocycles. The molecule has 2 saturated heterocycles. The molecule has 0 aromatic heterocycles. The van der Waals surface area contributed by atoms with Crippen LogP contribution >= 0.6 is 22.6 Å². The van der Waals surface area contributed by atoms with E-state index in [0.717, 1.165) is 45.3 Å². The van der Waals surface area contributed by atoms with Crippen LogP contribution in [-0.4, -0.2) is 31.7 Å². The van der Waals surface area contributed by atoms with Crippen molar-refractivity contribution in [2.45, 2.75) is 77.3 Å². The second-order valence-electron chi connectivity index (χ2n) is 7.48. The molecule has 0 unspecified atom stereocenters. The second kappa shape index (κ2) is 10.3. The number of hydrogen-bond donors (Lipinski definition) is 0. The molecule has 2 aliphatic rings. The molecular weight excluding hydrogens is 415 g/mol. The first-order chi connectivity index (χ1) is 11.5. The highest BCUT2D eigenvalue weighted by Crippen LogP contribution is 2.33. The van der Waals surface area contributed by atoms with Crippen LogP contribution in [0.15, 0.2) is 22.3 Å². The fourth-order valence-corrected chi connectivity index (χ4v) is 3.81. The standard InChI is InChI=1S/C20H33IO3/c1-14(12-15(2)17(4)21)6-8-19-16(3)13-18(24-19)7-9-20-22-10-5-11-23-20/h14-15,18-20H,3-13H2,1-2H3/t14-,15-,18-,19-/m0/s1. The molecule has 4 atom stereocenters.